The summed E-state index contributed by atoms with van der Waals surface area (Å²) in [6.45, 7) is 4.85. The van der Waals surface area contributed by atoms with E-state index in [1.54, 1.807) is 0 Å². The molecular formula is C26H35NO5. The van der Waals surface area contributed by atoms with Gasteiger partial charge < -0.3 is 14.6 Å². The van der Waals surface area contributed by atoms with Crippen molar-refractivity contribution in [3.05, 3.63) is 58.9 Å². The van der Waals surface area contributed by atoms with E-state index in [2.05, 4.69) is 18.8 Å². The Morgan fingerprint density at radius 1 is 0.906 bits per heavy atom. The van der Waals surface area contributed by atoms with Crippen molar-refractivity contribution in [3.8, 4) is 5.75 Å². The minimum Gasteiger partial charge on any atom is -0.486 e. The molecule has 6 nitrogen and oxygen atoms in total. The first-order chi connectivity index (χ1) is 15.5. The number of carboxylic acid groups (broad SMARTS) is 1. The molecule has 0 saturated heterocycles. The lowest BCUT2D eigenvalue weighted by molar-refractivity contribution is 0.0494. The van der Waals surface area contributed by atoms with Gasteiger partial charge >= 0.3 is 11.9 Å². The average molecular weight is 442 g/mol. The van der Waals surface area contributed by atoms with Gasteiger partial charge in [-0.05, 0) is 30.0 Å². The predicted octanol–water partition coefficient (Wildman–Crippen LogP) is 6.22. The van der Waals surface area contributed by atoms with Gasteiger partial charge in [0, 0.05) is 6.20 Å². The Morgan fingerprint density at radius 2 is 1.56 bits per heavy atom. The van der Waals surface area contributed by atoms with E-state index in [1.807, 2.05) is 24.3 Å². The molecule has 174 valence electrons. The van der Waals surface area contributed by atoms with Crippen molar-refractivity contribution in [1.29, 1.82) is 0 Å². The van der Waals surface area contributed by atoms with E-state index in [4.69, 9.17) is 9.47 Å². The highest BCUT2D eigenvalue weighted by Gasteiger charge is 2.18. The molecule has 0 radical (unpaired) electrons. The van der Waals surface area contributed by atoms with Crippen LogP contribution < -0.4 is 4.74 Å². The Morgan fingerprint density at radius 3 is 2.22 bits per heavy atom. The Bertz CT molecular complexity index is 848. The summed E-state index contributed by atoms with van der Waals surface area (Å²) >= 11 is 0. The standard InChI is InChI=1S/C26H35NO5/c1-3-5-6-7-8-9-10-16-31-26(30)22-17-23(24(25(28)29)27-18-22)32-19-21-14-12-20(11-4-2)13-15-21/h12-15,17-18H,3-11,16,19H2,1-2H3,(H,28,29). The summed E-state index contributed by atoms with van der Waals surface area (Å²) in [6, 6.07) is 9.39. The van der Waals surface area contributed by atoms with Gasteiger partial charge in [0.15, 0.2) is 11.4 Å². The minimum absolute atomic E-state index is 0.0560. The maximum atomic E-state index is 12.4. The van der Waals surface area contributed by atoms with Crippen molar-refractivity contribution in [2.45, 2.75) is 78.2 Å². The van der Waals surface area contributed by atoms with Crippen molar-refractivity contribution >= 4 is 11.9 Å². The van der Waals surface area contributed by atoms with Gasteiger partial charge in [-0.3, -0.25) is 0 Å². The molecule has 0 bridgehead atoms. The zero-order valence-electron chi connectivity index (χ0n) is 19.3. The maximum Gasteiger partial charge on any atom is 0.358 e. The van der Waals surface area contributed by atoms with Crippen LogP contribution in [0.4, 0.5) is 0 Å². The summed E-state index contributed by atoms with van der Waals surface area (Å²) in [7, 11) is 0. The predicted molar refractivity (Wildman–Crippen MR) is 124 cm³/mol. The second-order valence-corrected chi connectivity index (χ2v) is 7.99. The van der Waals surface area contributed by atoms with E-state index >= 15 is 0 Å². The number of carbonyl (C=O) groups is 2. The number of rotatable bonds is 15. The van der Waals surface area contributed by atoms with Crippen LogP contribution in [-0.2, 0) is 17.8 Å². The molecule has 1 heterocycles. The van der Waals surface area contributed by atoms with Crippen LogP contribution in [0.15, 0.2) is 36.5 Å². The molecule has 2 aromatic rings. The number of aryl methyl sites for hydroxylation is 1. The number of carboxylic acids is 1. The van der Waals surface area contributed by atoms with Crippen LogP contribution in [0.25, 0.3) is 0 Å². The van der Waals surface area contributed by atoms with Crippen LogP contribution in [-0.4, -0.2) is 28.6 Å². The molecule has 0 unspecified atom stereocenters. The first-order valence-electron chi connectivity index (χ1n) is 11.7. The highest BCUT2D eigenvalue weighted by atomic mass is 16.5. The zero-order chi connectivity index (χ0) is 23.2. The Labute approximate surface area is 191 Å². The number of unbranched alkanes of at least 4 members (excludes halogenated alkanes) is 6. The molecule has 1 aromatic carbocycles. The maximum absolute atomic E-state index is 12.4. The average Bonchev–Trinajstić information content (AvgIpc) is 2.80. The molecule has 6 heteroatoms. The van der Waals surface area contributed by atoms with E-state index in [0.29, 0.717) is 6.61 Å². The number of benzene rings is 1. The van der Waals surface area contributed by atoms with Gasteiger partial charge in [-0.1, -0.05) is 83.1 Å². The first kappa shape index (κ1) is 25.4. The first-order valence-corrected chi connectivity index (χ1v) is 11.7. The van der Waals surface area contributed by atoms with Crippen LogP contribution in [0.5, 0.6) is 5.75 Å². The molecule has 32 heavy (non-hydrogen) atoms. The van der Waals surface area contributed by atoms with Crippen molar-refractivity contribution in [2.75, 3.05) is 6.61 Å². The van der Waals surface area contributed by atoms with E-state index < -0.39 is 11.9 Å². The van der Waals surface area contributed by atoms with Crippen LogP contribution in [0.3, 0.4) is 0 Å². The molecule has 1 N–H and O–H groups in total. The van der Waals surface area contributed by atoms with Crippen LogP contribution >= 0.6 is 0 Å². The number of carbonyl (C=O) groups excluding carboxylic acids is 1. The van der Waals surface area contributed by atoms with E-state index in [-0.39, 0.29) is 23.6 Å². The second kappa shape index (κ2) is 14.2. The van der Waals surface area contributed by atoms with Gasteiger partial charge in [-0.2, -0.15) is 0 Å². The van der Waals surface area contributed by atoms with Crippen molar-refractivity contribution in [1.82, 2.24) is 4.98 Å². The van der Waals surface area contributed by atoms with Gasteiger partial charge in [0.25, 0.3) is 0 Å². The number of hydrogen-bond donors (Lipinski definition) is 1. The molecular weight excluding hydrogens is 406 g/mol. The number of pyridine rings is 1. The fourth-order valence-corrected chi connectivity index (χ4v) is 3.39. The van der Waals surface area contributed by atoms with E-state index in [9.17, 15) is 14.7 Å². The van der Waals surface area contributed by atoms with E-state index in [1.165, 1.54) is 43.5 Å². The van der Waals surface area contributed by atoms with Gasteiger partial charge in [-0.15, -0.1) is 0 Å². The Kier molecular flexibility index (Phi) is 11.3. The fourth-order valence-electron chi connectivity index (χ4n) is 3.39. The lowest BCUT2D eigenvalue weighted by Gasteiger charge is -2.11. The number of aromatic nitrogens is 1. The quantitative estimate of drug-likeness (QED) is 0.261. The summed E-state index contributed by atoms with van der Waals surface area (Å²) < 4.78 is 11.0. The lowest BCUT2D eigenvalue weighted by atomic mass is 10.1. The summed E-state index contributed by atoms with van der Waals surface area (Å²) in [5.41, 5.74) is 2.12. The lowest BCUT2D eigenvalue weighted by Crippen LogP contribution is -2.11. The fraction of sp³-hybridized carbons (Fsp3) is 0.500. The Balaban J connectivity index is 1.90. The van der Waals surface area contributed by atoms with Gasteiger partial charge in [-0.25, -0.2) is 14.6 Å². The molecule has 0 fully saturated rings. The highest BCUT2D eigenvalue weighted by Crippen LogP contribution is 2.21. The third kappa shape index (κ3) is 8.69. The topological polar surface area (TPSA) is 85.7 Å². The third-order valence-electron chi connectivity index (χ3n) is 5.23. The second-order valence-electron chi connectivity index (χ2n) is 7.99. The summed E-state index contributed by atoms with van der Waals surface area (Å²) in [4.78, 5) is 27.8. The number of esters is 1. The van der Waals surface area contributed by atoms with Gasteiger partial charge in [0.05, 0.1) is 12.2 Å². The molecule has 0 amide bonds. The van der Waals surface area contributed by atoms with Crippen molar-refractivity contribution in [3.63, 3.8) is 0 Å². The van der Waals surface area contributed by atoms with Crippen LogP contribution in [0.1, 0.15) is 97.2 Å². The molecule has 0 aliphatic rings. The molecule has 0 atom stereocenters. The molecule has 2 rings (SSSR count). The van der Waals surface area contributed by atoms with E-state index in [0.717, 1.165) is 37.7 Å². The van der Waals surface area contributed by atoms with Crippen molar-refractivity contribution in [2.24, 2.45) is 0 Å². The van der Waals surface area contributed by atoms with Crippen molar-refractivity contribution < 1.29 is 24.2 Å². The van der Waals surface area contributed by atoms with Crippen LogP contribution in [0, 0.1) is 0 Å². The number of aromatic carboxylic acids is 1. The number of ether oxygens (including phenoxy) is 2. The number of nitrogens with zero attached hydrogens (tertiary/aromatic N) is 1. The van der Waals surface area contributed by atoms with Gasteiger partial charge in [0.2, 0.25) is 0 Å². The number of hydrogen-bond acceptors (Lipinski definition) is 5. The largest absolute Gasteiger partial charge is 0.486 e. The molecule has 0 aliphatic carbocycles. The molecule has 0 spiro atoms. The van der Waals surface area contributed by atoms with Gasteiger partial charge in [0.1, 0.15) is 6.61 Å². The Hall–Kier alpha value is -2.89. The third-order valence-corrected chi connectivity index (χ3v) is 5.23. The normalized spacial score (nSPS) is 10.7. The summed E-state index contributed by atoms with van der Waals surface area (Å²) in [5, 5.41) is 9.41. The highest BCUT2D eigenvalue weighted by molar-refractivity contribution is 5.93. The SMILES string of the molecule is CCCCCCCCCOC(=O)c1cnc(C(=O)O)c(OCc2ccc(CCC)cc2)c1. The molecule has 1 aromatic heterocycles. The minimum atomic E-state index is -1.21. The zero-order valence-corrected chi connectivity index (χ0v) is 19.3. The molecule has 0 saturated carbocycles. The van der Waals surface area contributed by atoms with Crippen LogP contribution in [0.2, 0.25) is 0 Å². The summed E-state index contributed by atoms with van der Waals surface area (Å²) in [5.74, 6) is -1.67. The smallest absolute Gasteiger partial charge is 0.358 e. The summed E-state index contributed by atoms with van der Waals surface area (Å²) in [6.07, 6.45) is 11.3. The molecule has 0 aliphatic heterocycles. The monoisotopic (exact) mass is 441 g/mol.